The zero-order valence-electron chi connectivity index (χ0n) is 9.75. The molecular formula is C12H12N4O2. The number of aromatic nitrogens is 1. The van der Waals surface area contributed by atoms with Gasteiger partial charge in [-0.2, -0.15) is 0 Å². The van der Waals surface area contributed by atoms with Gasteiger partial charge in [-0.3, -0.25) is 21.0 Å². The molecule has 0 radical (unpaired) electrons. The second-order valence-corrected chi connectivity index (χ2v) is 3.73. The molecule has 18 heavy (non-hydrogen) atoms. The summed E-state index contributed by atoms with van der Waals surface area (Å²) in [6, 6.07) is 11.0. The number of rotatable bonds is 4. The van der Waals surface area contributed by atoms with E-state index in [1.807, 2.05) is 30.3 Å². The van der Waals surface area contributed by atoms with Crippen LogP contribution in [0, 0.1) is 17.0 Å². The lowest BCUT2D eigenvalue weighted by Gasteiger charge is -2.10. The molecule has 0 saturated carbocycles. The van der Waals surface area contributed by atoms with Crippen LogP contribution in [0.4, 0.5) is 17.2 Å². The molecule has 0 aliphatic rings. The lowest BCUT2D eigenvalue weighted by molar-refractivity contribution is -0.385. The molecule has 0 amide bonds. The van der Waals surface area contributed by atoms with Crippen LogP contribution in [0.1, 0.15) is 5.56 Å². The first-order chi connectivity index (χ1) is 8.66. The van der Waals surface area contributed by atoms with Crippen LogP contribution in [0.5, 0.6) is 0 Å². The van der Waals surface area contributed by atoms with Gasteiger partial charge < -0.3 is 0 Å². The summed E-state index contributed by atoms with van der Waals surface area (Å²) in [6.45, 7) is 1.76. The Balaban J connectivity index is 2.08. The standard InChI is InChI=1S/C12H12N4O2/c1-9-7-11(16(17)18)8-13-12(9)15-14-10-5-3-2-4-6-10/h2-8,14H,1H3,(H,13,15). The van der Waals surface area contributed by atoms with Gasteiger partial charge in [0.05, 0.1) is 10.6 Å². The van der Waals surface area contributed by atoms with E-state index >= 15 is 0 Å². The number of aryl methyl sites for hydroxylation is 1. The highest BCUT2D eigenvalue weighted by molar-refractivity contribution is 5.53. The van der Waals surface area contributed by atoms with Crippen LogP contribution in [0.2, 0.25) is 0 Å². The van der Waals surface area contributed by atoms with Gasteiger partial charge in [-0.1, -0.05) is 18.2 Å². The van der Waals surface area contributed by atoms with Gasteiger partial charge in [-0.25, -0.2) is 4.98 Å². The number of nitrogens with one attached hydrogen (secondary N) is 2. The third kappa shape index (κ3) is 2.73. The van der Waals surface area contributed by atoms with Crippen molar-refractivity contribution in [3.05, 3.63) is 58.3 Å². The van der Waals surface area contributed by atoms with E-state index in [2.05, 4.69) is 15.8 Å². The average molecular weight is 244 g/mol. The van der Waals surface area contributed by atoms with Crippen LogP contribution in [0.25, 0.3) is 0 Å². The zero-order chi connectivity index (χ0) is 13.0. The van der Waals surface area contributed by atoms with Crippen LogP contribution in [-0.2, 0) is 0 Å². The Morgan fingerprint density at radius 1 is 1.22 bits per heavy atom. The van der Waals surface area contributed by atoms with E-state index in [9.17, 15) is 10.1 Å². The molecule has 2 rings (SSSR count). The van der Waals surface area contributed by atoms with Crippen LogP contribution in [0.3, 0.4) is 0 Å². The minimum Gasteiger partial charge on any atom is -0.300 e. The Morgan fingerprint density at radius 2 is 1.94 bits per heavy atom. The molecule has 0 aliphatic heterocycles. The SMILES string of the molecule is Cc1cc([N+](=O)[O-])cnc1NNc1ccccc1. The van der Waals surface area contributed by atoms with Crippen molar-refractivity contribution in [2.75, 3.05) is 10.9 Å². The maximum Gasteiger partial charge on any atom is 0.287 e. The first kappa shape index (κ1) is 11.8. The maximum absolute atomic E-state index is 10.6. The lowest BCUT2D eigenvalue weighted by atomic mass is 10.3. The van der Waals surface area contributed by atoms with Crippen molar-refractivity contribution in [2.45, 2.75) is 6.92 Å². The molecule has 2 N–H and O–H groups in total. The van der Waals surface area contributed by atoms with Gasteiger partial charge in [0.25, 0.3) is 5.69 Å². The first-order valence-electron chi connectivity index (χ1n) is 5.35. The Hall–Kier alpha value is -2.63. The molecule has 0 atom stereocenters. The summed E-state index contributed by atoms with van der Waals surface area (Å²) in [6.07, 6.45) is 1.22. The van der Waals surface area contributed by atoms with Crippen LogP contribution < -0.4 is 10.9 Å². The van der Waals surface area contributed by atoms with E-state index in [1.165, 1.54) is 12.3 Å². The van der Waals surface area contributed by atoms with Gasteiger partial charge >= 0.3 is 0 Å². The van der Waals surface area contributed by atoms with E-state index in [4.69, 9.17) is 0 Å². The fourth-order valence-electron chi connectivity index (χ4n) is 1.44. The number of benzene rings is 1. The molecule has 0 spiro atoms. The van der Waals surface area contributed by atoms with Gasteiger partial charge in [0, 0.05) is 6.07 Å². The smallest absolute Gasteiger partial charge is 0.287 e. The van der Waals surface area contributed by atoms with Gasteiger partial charge in [0.1, 0.15) is 12.0 Å². The predicted molar refractivity (Wildman–Crippen MR) is 69.3 cm³/mol. The molecule has 1 heterocycles. The molecule has 1 aromatic carbocycles. The Bertz CT molecular complexity index is 557. The quantitative estimate of drug-likeness (QED) is 0.638. The Kier molecular flexibility index (Phi) is 3.38. The fourth-order valence-corrected chi connectivity index (χ4v) is 1.44. The second-order valence-electron chi connectivity index (χ2n) is 3.73. The van der Waals surface area contributed by atoms with E-state index in [0.29, 0.717) is 11.4 Å². The van der Waals surface area contributed by atoms with Gasteiger partial charge in [0.2, 0.25) is 0 Å². The third-order valence-electron chi connectivity index (χ3n) is 2.37. The van der Waals surface area contributed by atoms with Crippen molar-refractivity contribution in [2.24, 2.45) is 0 Å². The molecule has 0 aliphatic carbocycles. The molecule has 0 bridgehead atoms. The van der Waals surface area contributed by atoms with Crippen molar-refractivity contribution in [1.82, 2.24) is 4.98 Å². The van der Waals surface area contributed by atoms with Crippen LogP contribution in [-0.4, -0.2) is 9.91 Å². The molecule has 6 nitrogen and oxygen atoms in total. The molecule has 2 aromatic rings. The highest BCUT2D eigenvalue weighted by atomic mass is 16.6. The molecular weight excluding hydrogens is 232 g/mol. The summed E-state index contributed by atoms with van der Waals surface area (Å²) in [7, 11) is 0. The van der Waals surface area contributed by atoms with Crippen molar-refractivity contribution >= 4 is 17.2 Å². The number of para-hydroxylation sites is 1. The zero-order valence-corrected chi connectivity index (χ0v) is 9.75. The van der Waals surface area contributed by atoms with Crippen LogP contribution >= 0.6 is 0 Å². The maximum atomic E-state index is 10.6. The van der Waals surface area contributed by atoms with E-state index < -0.39 is 4.92 Å². The number of hydrogen-bond acceptors (Lipinski definition) is 5. The second kappa shape index (κ2) is 5.13. The van der Waals surface area contributed by atoms with Crippen molar-refractivity contribution in [3.63, 3.8) is 0 Å². The predicted octanol–water partition coefficient (Wildman–Crippen LogP) is 2.74. The van der Waals surface area contributed by atoms with Crippen LogP contribution in [0.15, 0.2) is 42.6 Å². The van der Waals surface area contributed by atoms with Gasteiger partial charge in [-0.15, -0.1) is 0 Å². The summed E-state index contributed by atoms with van der Waals surface area (Å²) in [5, 5.41) is 10.6. The van der Waals surface area contributed by atoms with Crippen molar-refractivity contribution in [3.8, 4) is 0 Å². The largest absolute Gasteiger partial charge is 0.300 e. The summed E-state index contributed by atoms with van der Waals surface area (Å²) < 4.78 is 0. The normalized spacial score (nSPS) is 9.83. The number of pyridine rings is 1. The topological polar surface area (TPSA) is 80.1 Å². The number of nitro groups is 1. The summed E-state index contributed by atoms with van der Waals surface area (Å²) in [4.78, 5) is 14.1. The van der Waals surface area contributed by atoms with Gasteiger partial charge in [-0.05, 0) is 24.6 Å². The summed E-state index contributed by atoms with van der Waals surface area (Å²) in [5.74, 6) is 0.560. The highest BCUT2D eigenvalue weighted by Crippen LogP contribution is 2.18. The highest BCUT2D eigenvalue weighted by Gasteiger charge is 2.08. The van der Waals surface area contributed by atoms with E-state index in [-0.39, 0.29) is 5.69 Å². The Morgan fingerprint density at radius 3 is 2.56 bits per heavy atom. The fraction of sp³-hybridized carbons (Fsp3) is 0.0833. The molecule has 0 saturated heterocycles. The molecule has 1 aromatic heterocycles. The number of hydrazine groups is 1. The average Bonchev–Trinajstić information content (AvgIpc) is 2.38. The Labute approximate surface area is 104 Å². The number of hydrogen-bond donors (Lipinski definition) is 2. The number of nitrogens with zero attached hydrogens (tertiary/aromatic N) is 2. The van der Waals surface area contributed by atoms with E-state index in [1.54, 1.807) is 6.92 Å². The van der Waals surface area contributed by atoms with E-state index in [0.717, 1.165) is 5.69 Å². The van der Waals surface area contributed by atoms with Gasteiger partial charge in [0.15, 0.2) is 0 Å². The monoisotopic (exact) mass is 244 g/mol. The third-order valence-corrected chi connectivity index (χ3v) is 2.37. The van der Waals surface area contributed by atoms with Crippen molar-refractivity contribution < 1.29 is 4.92 Å². The van der Waals surface area contributed by atoms with Crippen molar-refractivity contribution in [1.29, 1.82) is 0 Å². The minimum absolute atomic E-state index is 0.0160. The molecule has 6 heteroatoms. The lowest BCUT2D eigenvalue weighted by Crippen LogP contribution is -2.11. The first-order valence-corrected chi connectivity index (χ1v) is 5.35. The molecule has 92 valence electrons. The summed E-state index contributed by atoms with van der Waals surface area (Å²) in [5.41, 5.74) is 7.45. The molecule has 0 unspecified atom stereocenters. The minimum atomic E-state index is -0.464. The summed E-state index contributed by atoms with van der Waals surface area (Å²) >= 11 is 0. The number of anilines is 2. The molecule has 0 fully saturated rings.